The van der Waals surface area contributed by atoms with Crippen LogP contribution < -0.4 is 16.2 Å². The molecule has 1 aromatic rings. The van der Waals surface area contributed by atoms with Crippen LogP contribution in [-0.2, 0) is 11.3 Å². The normalized spacial score (nSPS) is 11.2. The highest BCUT2D eigenvalue weighted by molar-refractivity contribution is 5.96. The number of nitrogen functional groups attached to an aromatic ring is 1. The molecule has 18 heavy (non-hydrogen) atoms. The summed E-state index contributed by atoms with van der Waals surface area (Å²) in [5, 5.41) is 0. The summed E-state index contributed by atoms with van der Waals surface area (Å²) >= 11 is 0. The Balaban J connectivity index is 3.29. The number of alkyl halides is 3. The minimum atomic E-state index is -4.97. The Morgan fingerprint density at radius 1 is 1.50 bits per heavy atom. The largest absolute Gasteiger partial charge is 0.574 e. The standard InChI is InChI=1S/C9H10F3N3O3/c1-17-8(16)5-2-4(3-13)15-7(6(5)14)18-9(10,11)12/h2H,3,13-14H2,1H3. The zero-order chi connectivity index (χ0) is 13.9. The van der Waals surface area contributed by atoms with Gasteiger partial charge in [0.1, 0.15) is 5.69 Å². The molecule has 0 bridgehead atoms. The molecule has 1 heterocycles. The summed E-state index contributed by atoms with van der Waals surface area (Å²) in [5.41, 5.74) is 9.79. The van der Waals surface area contributed by atoms with Crippen molar-refractivity contribution in [1.29, 1.82) is 0 Å². The van der Waals surface area contributed by atoms with E-state index >= 15 is 0 Å². The number of hydrogen-bond acceptors (Lipinski definition) is 6. The van der Waals surface area contributed by atoms with Crippen molar-refractivity contribution in [2.45, 2.75) is 12.9 Å². The van der Waals surface area contributed by atoms with Crippen LogP contribution in [-0.4, -0.2) is 24.4 Å². The molecular formula is C9H10F3N3O3. The van der Waals surface area contributed by atoms with Crippen molar-refractivity contribution >= 4 is 11.7 Å². The fourth-order valence-electron chi connectivity index (χ4n) is 1.15. The third-order valence-corrected chi connectivity index (χ3v) is 1.90. The molecule has 0 aliphatic carbocycles. The maximum atomic E-state index is 12.1. The first-order chi connectivity index (χ1) is 8.28. The Morgan fingerprint density at radius 3 is 2.56 bits per heavy atom. The van der Waals surface area contributed by atoms with E-state index < -0.39 is 23.9 Å². The molecule has 0 spiro atoms. The van der Waals surface area contributed by atoms with E-state index in [2.05, 4.69) is 14.5 Å². The van der Waals surface area contributed by atoms with Crippen LogP contribution in [0.25, 0.3) is 0 Å². The van der Waals surface area contributed by atoms with E-state index in [4.69, 9.17) is 11.5 Å². The Hall–Kier alpha value is -2.03. The van der Waals surface area contributed by atoms with Gasteiger partial charge in [0, 0.05) is 6.54 Å². The fraction of sp³-hybridized carbons (Fsp3) is 0.333. The highest BCUT2D eigenvalue weighted by atomic mass is 19.4. The average Bonchev–Trinajstić information content (AvgIpc) is 2.29. The summed E-state index contributed by atoms with van der Waals surface area (Å²) in [6.45, 7) is -0.182. The summed E-state index contributed by atoms with van der Waals surface area (Å²) in [7, 11) is 1.06. The van der Waals surface area contributed by atoms with Crippen LogP contribution in [0, 0.1) is 0 Å². The molecule has 0 aromatic carbocycles. The highest BCUT2D eigenvalue weighted by Gasteiger charge is 2.34. The lowest BCUT2D eigenvalue weighted by Gasteiger charge is -2.13. The average molecular weight is 265 g/mol. The molecule has 1 aromatic heterocycles. The first kappa shape index (κ1) is 14.0. The second-order valence-corrected chi connectivity index (χ2v) is 3.12. The number of pyridine rings is 1. The molecule has 9 heteroatoms. The van der Waals surface area contributed by atoms with Gasteiger partial charge in [-0.25, -0.2) is 9.78 Å². The summed E-state index contributed by atoms with van der Waals surface area (Å²) in [6, 6.07) is 1.14. The number of anilines is 1. The van der Waals surface area contributed by atoms with E-state index in [9.17, 15) is 18.0 Å². The zero-order valence-electron chi connectivity index (χ0n) is 9.25. The molecule has 0 saturated heterocycles. The number of ether oxygens (including phenoxy) is 2. The van der Waals surface area contributed by atoms with Gasteiger partial charge in [-0.05, 0) is 6.07 Å². The summed E-state index contributed by atoms with van der Waals surface area (Å²) in [5.74, 6) is -1.83. The first-order valence-corrected chi connectivity index (χ1v) is 4.62. The van der Waals surface area contributed by atoms with Crippen molar-refractivity contribution in [3.05, 3.63) is 17.3 Å². The molecule has 1 rings (SSSR count). The highest BCUT2D eigenvalue weighted by Crippen LogP contribution is 2.29. The van der Waals surface area contributed by atoms with E-state index in [0.717, 1.165) is 13.2 Å². The van der Waals surface area contributed by atoms with Crippen molar-refractivity contribution in [2.24, 2.45) is 5.73 Å². The first-order valence-electron chi connectivity index (χ1n) is 4.62. The number of rotatable bonds is 3. The van der Waals surface area contributed by atoms with Gasteiger partial charge in [0.2, 0.25) is 5.88 Å². The predicted octanol–water partition coefficient (Wildman–Crippen LogP) is 0.808. The SMILES string of the molecule is COC(=O)c1cc(CN)nc(OC(F)(F)F)c1N. The topological polar surface area (TPSA) is 100 Å². The Kier molecular flexibility index (Phi) is 3.96. The number of carbonyl (C=O) groups excluding carboxylic acids is 1. The molecule has 0 unspecified atom stereocenters. The zero-order valence-corrected chi connectivity index (χ0v) is 9.25. The van der Waals surface area contributed by atoms with Gasteiger partial charge in [-0.3, -0.25) is 0 Å². The minimum Gasteiger partial charge on any atom is -0.465 e. The lowest BCUT2D eigenvalue weighted by molar-refractivity contribution is -0.275. The molecule has 0 aliphatic rings. The fourth-order valence-corrected chi connectivity index (χ4v) is 1.15. The van der Waals surface area contributed by atoms with E-state index in [1.165, 1.54) is 0 Å². The third-order valence-electron chi connectivity index (χ3n) is 1.90. The molecule has 0 aliphatic heterocycles. The second-order valence-electron chi connectivity index (χ2n) is 3.12. The molecule has 0 atom stereocenters. The molecule has 4 N–H and O–H groups in total. The van der Waals surface area contributed by atoms with Gasteiger partial charge in [0.05, 0.1) is 18.4 Å². The quantitative estimate of drug-likeness (QED) is 0.784. The number of nitrogens with two attached hydrogens (primary N) is 2. The van der Waals surface area contributed by atoms with Gasteiger partial charge >= 0.3 is 12.3 Å². The van der Waals surface area contributed by atoms with Crippen molar-refractivity contribution in [3.8, 4) is 5.88 Å². The smallest absolute Gasteiger partial charge is 0.465 e. The number of nitrogens with zero attached hydrogens (tertiary/aromatic N) is 1. The lowest BCUT2D eigenvalue weighted by Crippen LogP contribution is -2.21. The van der Waals surface area contributed by atoms with Crippen LogP contribution in [0.1, 0.15) is 16.1 Å². The Morgan fingerprint density at radius 2 is 2.11 bits per heavy atom. The molecule has 6 nitrogen and oxygen atoms in total. The maximum Gasteiger partial charge on any atom is 0.574 e. The number of esters is 1. The van der Waals surface area contributed by atoms with E-state index in [1.54, 1.807) is 0 Å². The van der Waals surface area contributed by atoms with Gasteiger partial charge in [-0.15, -0.1) is 13.2 Å². The number of halogens is 3. The number of hydrogen-bond donors (Lipinski definition) is 2. The summed E-state index contributed by atoms with van der Waals surface area (Å²) in [6.07, 6.45) is -4.97. The van der Waals surface area contributed by atoms with Gasteiger partial charge in [0.15, 0.2) is 0 Å². The molecule has 0 radical (unpaired) electrons. The van der Waals surface area contributed by atoms with Crippen LogP contribution in [0.15, 0.2) is 6.07 Å². The third kappa shape index (κ3) is 3.23. The van der Waals surface area contributed by atoms with Crippen molar-refractivity contribution in [2.75, 3.05) is 12.8 Å². The summed E-state index contributed by atoms with van der Waals surface area (Å²) in [4.78, 5) is 14.8. The Labute approximate surface area is 99.7 Å². The monoisotopic (exact) mass is 265 g/mol. The van der Waals surface area contributed by atoms with Crippen molar-refractivity contribution < 1.29 is 27.4 Å². The van der Waals surface area contributed by atoms with Crippen LogP contribution in [0.2, 0.25) is 0 Å². The number of methoxy groups -OCH3 is 1. The molecular weight excluding hydrogens is 255 g/mol. The molecule has 0 fully saturated rings. The molecule has 100 valence electrons. The van der Waals surface area contributed by atoms with Crippen LogP contribution >= 0.6 is 0 Å². The number of aromatic nitrogens is 1. The van der Waals surface area contributed by atoms with Crippen molar-refractivity contribution in [1.82, 2.24) is 4.98 Å². The Bertz CT molecular complexity index is 462. The van der Waals surface area contributed by atoms with Crippen LogP contribution in [0.4, 0.5) is 18.9 Å². The number of carbonyl (C=O) groups is 1. The van der Waals surface area contributed by atoms with E-state index in [1.807, 2.05) is 0 Å². The summed E-state index contributed by atoms with van der Waals surface area (Å²) < 4.78 is 44.3. The van der Waals surface area contributed by atoms with Crippen molar-refractivity contribution in [3.63, 3.8) is 0 Å². The molecule has 0 amide bonds. The van der Waals surface area contributed by atoms with Gasteiger partial charge in [-0.1, -0.05) is 0 Å². The second kappa shape index (κ2) is 5.08. The van der Waals surface area contributed by atoms with Crippen LogP contribution in [0.3, 0.4) is 0 Å². The van der Waals surface area contributed by atoms with Gasteiger partial charge in [-0.2, -0.15) is 0 Å². The maximum absolute atomic E-state index is 12.1. The van der Waals surface area contributed by atoms with E-state index in [-0.39, 0.29) is 17.8 Å². The van der Waals surface area contributed by atoms with Gasteiger partial charge < -0.3 is 20.9 Å². The van der Waals surface area contributed by atoms with Gasteiger partial charge in [0.25, 0.3) is 0 Å². The van der Waals surface area contributed by atoms with Crippen LogP contribution in [0.5, 0.6) is 5.88 Å². The molecule has 0 saturated carbocycles. The minimum absolute atomic E-state index is 0.0175. The van der Waals surface area contributed by atoms with E-state index in [0.29, 0.717) is 0 Å². The predicted molar refractivity (Wildman–Crippen MR) is 54.6 cm³/mol. The lowest BCUT2D eigenvalue weighted by atomic mass is 10.2.